The molecule has 2 aromatic carbocycles. The third kappa shape index (κ3) is 3.94. The van der Waals surface area contributed by atoms with Crippen LogP contribution in [0.4, 0.5) is 5.69 Å². The Balaban J connectivity index is 2.52. The second-order valence-corrected chi connectivity index (χ2v) is 7.28. The summed E-state index contributed by atoms with van der Waals surface area (Å²) in [6.07, 6.45) is 0. The number of hydrogen-bond acceptors (Lipinski definition) is 4. The number of nitrogens with zero attached hydrogens (tertiary/aromatic N) is 1. The van der Waals surface area contributed by atoms with Crippen LogP contribution in [0.1, 0.15) is 18.1 Å². The molecule has 6 heteroatoms. The summed E-state index contributed by atoms with van der Waals surface area (Å²) in [6.45, 7) is 5.27. The highest BCUT2D eigenvalue weighted by molar-refractivity contribution is 7.92. The van der Waals surface area contributed by atoms with E-state index in [1.165, 1.54) is 12.1 Å². The standard InChI is InChI=1S/C18H21NO4S/c1-4-23-18(20)13-19(17-11-10-14(2)12-15(17)3)24(21,22)16-8-6-5-7-9-16/h5-12H,4,13H2,1-3H3. The van der Waals surface area contributed by atoms with Crippen LogP contribution in [0.3, 0.4) is 0 Å². The lowest BCUT2D eigenvalue weighted by atomic mass is 10.1. The molecule has 0 heterocycles. The summed E-state index contributed by atoms with van der Waals surface area (Å²) < 4.78 is 32.1. The Kier molecular flexibility index (Phi) is 5.62. The second-order valence-electron chi connectivity index (χ2n) is 5.42. The van der Waals surface area contributed by atoms with Crippen LogP contribution in [-0.2, 0) is 19.6 Å². The number of sulfonamides is 1. The predicted octanol–water partition coefficient (Wildman–Crippen LogP) is 3.06. The van der Waals surface area contributed by atoms with Gasteiger partial charge in [0.2, 0.25) is 0 Å². The van der Waals surface area contributed by atoms with Crippen LogP contribution in [0.2, 0.25) is 0 Å². The van der Waals surface area contributed by atoms with Crippen molar-refractivity contribution >= 4 is 21.7 Å². The molecule has 0 radical (unpaired) electrons. The molecule has 0 aliphatic rings. The molecule has 2 rings (SSSR count). The number of anilines is 1. The van der Waals surface area contributed by atoms with Gasteiger partial charge in [-0.1, -0.05) is 35.9 Å². The van der Waals surface area contributed by atoms with E-state index < -0.39 is 16.0 Å². The van der Waals surface area contributed by atoms with E-state index >= 15 is 0 Å². The molecule has 0 N–H and O–H groups in total. The average Bonchev–Trinajstić information content (AvgIpc) is 2.54. The third-order valence-corrected chi connectivity index (χ3v) is 5.30. The van der Waals surface area contributed by atoms with E-state index in [4.69, 9.17) is 4.74 Å². The van der Waals surface area contributed by atoms with Crippen molar-refractivity contribution in [3.8, 4) is 0 Å². The zero-order valence-electron chi connectivity index (χ0n) is 14.0. The van der Waals surface area contributed by atoms with Crippen molar-refractivity contribution in [3.05, 3.63) is 59.7 Å². The summed E-state index contributed by atoms with van der Waals surface area (Å²) >= 11 is 0. The van der Waals surface area contributed by atoms with Gasteiger partial charge < -0.3 is 4.74 Å². The molecular weight excluding hydrogens is 326 g/mol. The lowest BCUT2D eigenvalue weighted by molar-refractivity contribution is -0.141. The molecule has 128 valence electrons. The number of carbonyl (C=O) groups is 1. The van der Waals surface area contributed by atoms with Crippen molar-refractivity contribution in [2.24, 2.45) is 0 Å². The van der Waals surface area contributed by atoms with Crippen LogP contribution in [-0.4, -0.2) is 27.5 Å². The maximum Gasteiger partial charge on any atom is 0.326 e. The summed E-state index contributed by atoms with van der Waals surface area (Å²) in [5.41, 5.74) is 2.26. The van der Waals surface area contributed by atoms with E-state index in [2.05, 4.69) is 0 Å². The molecule has 0 amide bonds. The van der Waals surface area contributed by atoms with Gasteiger partial charge in [0, 0.05) is 0 Å². The van der Waals surface area contributed by atoms with Crippen molar-refractivity contribution in [1.82, 2.24) is 0 Å². The largest absolute Gasteiger partial charge is 0.465 e. The average molecular weight is 347 g/mol. The molecule has 0 saturated carbocycles. The van der Waals surface area contributed by atoms with Crippen molar-refractivity contribution < 1.29 is 17.9 Å². The first-order chi connectivity index (χ1) is 11.4. The van der Waals surface area contributed by atoms with E-state index in [-0.39, 0.29) is 18.0 Å². The molecule has 0 saturated heterocycles. The number of ether oxygens (including phenoxy) is 1. The number of benzene rings is 2. The molecular formula is C18H21NO4S. The molecule has 0 unspecified atom stereocenters. The zero-order chi connectivity index (χ0) is 17.7. The van der Waals surface area contributed by atoms with Gasteiger partial charge in [-0.15, -0.1) is 0 Å². The Morgan fingerprint density at radius 1 is 1.08 bits per heavy atom. The summed E-state index contributed by atoms with van der Waals surface area (Å²) in [5.74, 6) is -0.586. The molecule has 0 fully saturated rings. The lowest BCUT2D eigenvalue weighted by Crippen LogP contribution is -2.37. The van der Waals surface area contributed by atoms with Gasteiger partial charge in [0.1, 0.15) is 6.54 Å². The van der Waals surface area contributed by atoms with Crippen molar-refractivity contribution in [1.29, 1.82) is 0 Å². The first-order valence-electron chi connectivity index (χ1n) is 7.67. The number of hydrogen-bond donors (Lipinski definition) is 0. The quantitative estimate of drug-likeness (QED) is 0.754. The van der Waals surface area contributed by atoms with Gasteiger partial charge in [0.05, 0.1) is 17.2 Å². The third-order valence-electron chi connectivity index (χ3n) is 3.53. The van der Waals surface area contributed by atoms with Gasteiger partial charge in [-0.2, -0.15) is 0 Å². The minimum Gasteiger partial charge on any atom is -0.465 e. The lowest BCUT2D eigenvalue weighted by Gasteiger charge is -2.25. The van der Waals surface area contributed by atoms with Crippen LogP contribution in [0.5, 0.6) is 0 Å². The molecule has 24 heavy (non-hydrogen) atoms. The van der Waals surface area contributed by atoms with Crippen molar-refractivity contribution in [2.45, 2.75) is 25.7 Å². The topological polar surface area (TPSA) is 63.7 Å². The van der Waals surface area contributed by atoms with Gasteiger partial charge in [0.15, 0.2) is 0 Å². The first kappa shape index (κ1) is 18.0. The van der Waals surface area contributed by atoms with E-state index in [9.17, 15) is 13.2 Å². The van der Waals surface area contributed by atoms with Gasteiger partial charge in [-0.05, 0) is 44.5 Å². The molecule has 2 aromatic rings. The molecule has 0 aliphatic heterocycles. The van der Waals surface area contributed by atoms with Crippen LogP contribution in [0.15, 0.2) is 53.4 Å². The number of carbonyl (C=O) groups excluding carboxylic acids is 1. The molecule has 0 aliphatic carbocycles. The van der Waals surface area contributed by atoms with Gasteiger partial charge >= 0.3 is 5.97 Å². The van der Waals surface area contributed by atoms with Crippen LogP contribution >= 0.6 is 0 Å². The Hall–Kier alpha value is -2.34. The first-order valence-corrected chi connectivity index (χ1v) is 9.11. The Morgan fingerprint density at radius 2 is 1.75 bits per heavy atom. The van der Waals surface area contributed by atoms with Crippen LogP contribution in [0, 0.1) is 13.8 Å². The molecule has 0 atom stereocenters. The van der Waals surface area contributed by atoms with E-state index in [0.717, 1.165) is 15.4 Å². The van der Waals surface area contributed by atoms with Gasteiger partial charge in [-0.25, -0.2) is 8.42 Å². The highest BCUT2D eigenvalue weighted by Crippen LogP contribution is 2.27. The fourth-order valence-corrected chi connectivity index (χ4v) is 3.92. The highest BCUT2D eigenvalue weighted by atomic mass is 32.2. The van der Waals surface area contributed by atoms with Crippen LogP contribution in [0.25, 0.3) is 0 Å². The normalized spacial score (nSPS) is 11.1. The number of rotatable bonds is 6. The predicted molar refractivity (Wildman–Crippen MR) is 93.5 cm³/mol. The molecule has 5 nitrogen and oxygen atoms in total. The molecule has 0 bridgehead atoms. The smallest absolute Gasteiger partial charge is 0.326 e. The highest BCUT2D eigenvalue weighted by Gasteiger charge is 2.28. The van der Waals surface area contributed by atoms with E-state index in [1.54, 1.807) is 31.2 Å². The number of aryl methyl sites for hydroxylation is 2. The summed E-state index contributed by atoms with van der Waals surface area (Å²) in [7, 11) is -3.87. The second kappa shape index (κ2) is 7.49. The van der Waals surface area contributed by atoms with Crippen molar-refractivity contribution in [3.63, 3.8) is 0 Å². The maximum atomic E-state index is 13.0. The van der Waals surface area contributed by atoms with Gasteiger partial charge in [-0.3, -0.25) is 9.10 Å². The van der Waals surface area contributed by atoms with Gasteiger partial charge in [0.25, 0.3) is 10.0 Å². The fourth-order valence-electron chi connectivity index (χ4n) is 2.43. The van der Waals surface area contributed by atoms with Crippen molar-refractivity contribution in [2.75, 3.05) is 17.5 Å². The Bertz CT molecular complexity index is 816. The minimum atomic E-state index is -3.87. The molecule has 0 aromatic heterocycles. The Morgan fingerprint density at radius 3 is 2.33 bits per heavy atom. The minimum absolute atomic E-state index is 0.134. The Labute approximate surface area is 142 Å². The summed E-state index contributed by atoms with van der Waals surface area (Å²) in [5, 5.41) is 0. The monoisotopic (exact) mass is 347 g/mol. The molecule has 0 spiro atoms. The fraction of sp³-hybridized carbons (Fsp3) is 0.278. The van der Waals surface area contributed by atoms with E-state index in [0.29, 0.717) is 5.69 Å². The SMILES string of the molecule is CCOC(=O)CN(c1ccc(C)cc1C)S(=O)(=O)c1ccccc1. The zero-order valence-corrected chi connectivity index (χ0v) is 14.8. The summed E-state index contributed by atoms with van der Waals surface area (Å²) in [6, 6.07) is 13.5. The summed E-state index contributed by atoms with van der Waals surface area (Å²) in [4.78, 5) is 12.1. The van der Waals surface area contributed by atoms with E-state index in [1.807, 2.05) is 26.0 Å². The maximum absolute atomic E-state index is 13.0. The van der Waals surface area contributed by atoms with Crippen LogP contribution < -0.4 is 4.31 Å². The number of esters is 1.